The van der Waals surface area contributed by atoms with Crippen LogP contribution in [0.15, 0.2) is 15.9 Å². The topological polar surface area (TPSA) is 24.7 Å². The first-order valence-electron chi connectivity index (χ1n) is 2.65. The van der Waals surface area contributed by atoms with Crippen LogP contribution in [0, 0.1) is 6.08 Å². The first kappa shape index (κ1) is 8.16. The standard InChI is InChI=1S/C5H3F4N2/c1-4(6)2-3(10-11-4)5(7,8)9/h1H3. The molecule has 0 saturated heterocycles. The lowest BCUT2D eigenvalue weighted by molar-refractivity contribution is -0.0931. The molecule has 1 aliphatic rings. The molecule has 0 saturated carbocycles. The smallest absolute Gasteiger partial charge is 0.211 e. The molecule has 0 fully saturated rings. The van der Waals surface area contributed by atoms with Gasteiger partial charge in [0.15, 0.2) is 5.70 Å². The second kappa shape index (κ2) is 2.02. The maximum Gasteiger partial charge on any atom is 0.435 e. The number of alkyl halides is 4. The zero-order valence-corrected chi connectivity index (χ0v) is 5.41. The molecule has 1 rings (SSSR count). The molecule has 0 N–H and O–H groups in total. The van der Waals surface area contributed by atoms with E-state index in [1.54, 1.807) is 0 Å². The van der Waals surface area contributed by atoms with Gasteiger partial charge in [-0.3, -0.25) is 0 Å². The van der Waals surface area contributed by atoms with Crippen molar-refractivity contribution in [2.75, 3.05) is 0 Å². The summed E-state index contributed by atoms with van der Waals surface area (Å²) in [5.41, 5.74) is -1.40. The Kier molecular flexibility index (Phi) is 1.50. The molecule has 0 spiro atoms. The Balaban J connectivity index is 2.89. The molecule has 1 heterocycles. The minimum atomic E-state index is -4.66. The minimum Gasteiger partial charge on any atom is -0.211 e. The van der Waals surface area contributed by atoms with Gasteiger partial charge in [0.2, 0.25) is 5.79 Å². The Labute approximate surface area is 59.6 Å². The van der Waals surface area contributed by atoms with Crippen LogP contribution in [0.25, 0.3) is 0 Å². The van der Waals surface area contributed by atoms with Crippen LogP contribution >= 0.6 is 0 Å². The summed E-state index contributed by atoms with van der Waals surface area (Å²) in [5, 5.41) is 5.30. The van der Waals surface area contributed by atoms with E-state index in [2.05, 4.69) is 10.2 Å². The summed E-state index contributed by atoms with van der Waals surface area (Å²) in [5.74, 6) is -2.43. The third-order valence-corrected chi connectivity index (χ3v) is 0.953. The van der Waals surface area contributed by atoms with Gasteiger partial charge in [-0.1, -0.05) is 0 Å². The fourth-order valence-electron chi connectivity index (χ4n) is 0.538. The van der Waals surface area contributed by atoms with Gasteiger partial charge >= 0.3 is 6.18 Å². The number of allylic oxidation sites excluding steroid dienone is 1. The number of hydrogen-bond donors (Lipinski definition) is 0. The second-order valence-corrected chi connectivity index (χ2v) is 2.12. The third kappa shape index (κ3) is 1.75. The van der Waals surface area contributed by atoms with E-state index in [9.17, 15) is 17.6 Å². The second-order valence-electron chi connectivity index (χ2n) is 2.12. The Morgan fingerprint density at radius 2 is 2.00 bits per heavy atom. The van der Waals surface area contributed by atoms with E-state index in [1.807, 2.05) is 0 Å². The summed E-state index contributed by atoms with van der Waals surface area (Å²) >= 11 is 0. The minimum absolute atomic E-state index is 0.843. The van der Waals surface area contributed by atoms with Crippen LogP contribution in [-0.4, -0.2) is 12.0 Å². The van der Waals surface area contributed by atoms with Crippen molar-refractivity contribution >= 4 is 0 Å². The van der Waals surface area contributed by atoms with E-state index in [-0.39, 0.29) is 0 Å². The number of hydrogen-bond acceptors (Lipinski definition) is 2. The number of azo groups is 1. The Hall–Kier alpha value is -0.940. The first-order chi connectivity index (χ1) is 4.81. The molecule has 0 aromatic carbocycles. The highest BCUT2D eigenvalue weighted by Gasteiger charge is 2.41. The van der Waals surface area contributed by atoms with Crippen LogP contribution in [0.3, 0.4) is 0 Å². The Morgan fingerprint density at radius 3 is 2.18 bits per heavy atom. The van der Waals surface area contributed by atoms with Crippen molar-refractivity contribution in [1.29, 1.82) is 0 Å². The highest BCUT2D eigenvalue weighted by Crippen LogP contribution is 2.34. The molecule has 1 unspecified atom stereocenters. The van der Waals surface area contributed by atoms with Gasteiger partial charge in [0.1, 0.15) is 0 Å². The van der Waals surface area contributed by atoms with Gasteiger partial charge in [-0.05, 0) is 6.92 Å². The molecule has 0 amide bonds. The molecule has 1 radical (unpaired) electrons. The van der Waals surface area contributed by atoms with Crippen LogP contribution in [0.2, 0.25) is 0 Å². The van der Waals surface area contributed by atoms with E-state index in [0.29, 0.717) is 0 Å². The van der Waals surface area contributed by atoms with Gasteiger partial charge in [-0.25, -0.2) is 4.39 Å². The van der Waals surface area contributed by atoms with Gasteiger partial charge in [0.05, 0.1) is 6.08 Å². The van der Waals surface area contributed by atoms with Crippen molar-refractivity contribution in [3.05, 3.63) is 11.8 Å². The normalized spacial score (nSPS) is 30.8. The molecule has 0 aromatic heterocycles. The molecule has 0 aliphatic carbocycles. The lowest BCUT2D eigenvalue weighted by Gasteiger charge is -2.01. The number of nitrogens with zero attached hydrogens (tertiary/aromatic N) is 2. The molecular weight excluding hydrogens is 164 g/mol. The highest BCUT2D eigenvalue weighted by molar-refractivity contribution is 5.11. The molecule has 0 bridgehead atoms. The molecule has 11 heavy (non-hydrogen) atoms. The van der Waals surface area contributed by atoms with Crippen LogP contribution in [0.1, 0.15) is 6.92 Å². The van der Waals surface area contributed by atoms with Gasteiger partial charge in [-0.2, -0.15) is 13.2 Å². The van der Waals surface area contributed by atoms with Gasteiger partial charge in [0, 0.05) is 0 Å². The van der Waals surface area contributed by atoms with Gasteiger partial charge in [0.25, 0.3) is 0 Å². The highest BCUT2D eigenvalue weighted by atomic mass is 19.4. The summed E-state index contributed by atoms with van der Waals surface area (Å²) in [6, 6.07) is 0. The van der Waals surface area contributed by atoms with Crippen molar-refractivity contribution in [1.82, 2.24) is 0 Å². The predicted molar refractivity (Wildman–Crippen MR) is 27.2 cm³/mol. The molecule has 61 valence electrons. The molecular formula is C5H3F4N2. The summed E-state index contributed by atoms with van der Waals surface area (Å²) in [6.07, 6.45) is -3.20. The maximum absolute atomic E-state index is 12.5. The predicted octanol–water partition coefficient (Wildman–Crippen LogP) is 2.39. The third-order valence-electron chi connectivity index (χ3n) is 0.953. The Bertz CT molecular complexity index is 225. The Morgan fingerprint density at radius 1 is 1.45 bits per heavy atom. The van der Waals surface area contributed by atoms with E-state index in [0.717, 1.165) is 6.92 Å². The number of halogens is 4. The van der Waals surface area contributed by atoms with Crippen LogP contribution in [0.5, 0.6) is 0 Å². The lowest BCUT2D eigenvalue weighted by Crippen LogP contribution is -2.12. The summed E-state index contributed by atoms with van der Waals surface area (Å²) in [4.78, 5) is 0. The summed E-state index contributed by atoms with van der Waals surface area (Å²) < 4.78 is 47.6. The summed E-state index contributed by atoms with van der Waals surface area (Å²) in [7, 11) is 0. The van der Waals surface area contributed by atoms with E-state index < -0.39 is 17.7 Å². The van der Waals surface area contributed by atoms with Crippen molar-refractivity contribution in [2.45, 2.75) is 18.9 Å². The monoisotopic (exact) mass is 167 g/mol. The first-order valence-corrected chi connectivity index (χ1v) is 2.65. The average molecular weight is 167 g/mol. The molecule has 6 heteroatoms. The maximum atomic E-state index is 12.5. The summed E-state index contributed by atoms with van der Waals surface area (Å²) in [6.45, 7) is 0.843. The molecule has 0 aromatic rings. The van der Waals surface area contributed by atoms with Gasteiger partial charge in [-0.15, -0.1) is 10.2 Å². The fourth-order valence-corrected chi connectivity index (χ4v) is 0.538. The van der Waals surface area contributed by atoms with Crippen molar-refractivity contribution in [2.24, 2.45) is 10.2 Å². The zero-order chi connectivity index (χ0) is 8.70. The van der Waals surface area contributed by atoms with E-state index in [1.165, 1.54) is 6.08 Å². The molecule has 1 aliphatic heterocycles. The van der Waals surface area contributed by atoms with Crippen LogP contribution in [0.4, 0.5) is 17.6 Å². The number of rotatable bonds is 0. The van der Waals surface area contributed by atoms with E-state index >= 15 is 0 Å². The fraction of sp³-hybridized carbons (Fsp3) is 0.600. The zero-order valence-electron chi connectivity index (χ0n) is 5.41. The lowest BCUT2D eigenvalue weighted by atomic mass is 10.2. The SMILES string of the molecule is CC1(F)[C]=C(C(F)(F)F)N=N1. The van der Waals surface area contributed by atoms with Crippen molar-refractivity contribution in [3.8, 4) is 0 Å². The van der Waals surface area contributed by atoms with Crippen molar-refractivity contribution in [3.63, 3.8) is 0 Å². The molecule has 1 atom stereocenters. The largest absolute Gasteiger partial charge is 0.435 e. The van der Waals surface area contributed by atoms with Crippen LogP contribution in [-0.2, 0) is 0 Å². The van der Waals surface area contributed by atoms with Gasteiger partial charge < -0.3 is 0 Å². The van der Waals surface area contributed by atoms with E-state index in [4.69, 9.17) is 0 Å². The quantitative estimate of drug-likeness (QED) is 0.391. The average Bonchev–Trinajstić information content (AvgIpc) is 2.07. The van der Waals surface area contributed by atoms with Crippen molar-refractivity contribution < 1.29 is 17.6 Å². The molecule has 2 nitrogen and oxygen atoms in total. The van der Waals surface area contributed by atoms with Crippen LogP contribution < -0.4 is 0 Å².